The molecule has 0 spiro atoms. The molecule has 1 aromatic carbocycles. The molecule has 1 atom stereocenters. The molecule has 134 valence electrons. The van der Waals surface area contributed by atoms with Crippen molar-refractivity contribution in [2.45, 2.75) is 26.5 Å². The van der Waals surface area contributed by atoms with Crippen LogP contribution in [0.1, 0.15) is 30.0 Å². The number of rotatable bonds is 6. The van der Waals surface area contributed by atoms with Gasteiger partial charge < -0.3 is 24.1 Å². The van der Waals surface area contributed by atoms with Crippen molar-refractivity contribution in [1.82, 2.24) is 10.5 Å². The molecule has 1 N–H and O–H groups in total. The third-order valence-corrected chi connectivity index (χ3v) is 4.27. The molecule has 0 radical (unpaired) electrons. The van der Waals surface area contributed by atoms with Gasteiger partial charge in [0.1, 0.15) is 12.4 Å². The molecule has 1 saturated heterocycles. The number of nitrogens with one attached hydrogen (secondary N) is 1. The van der Waals surface area contributed by atoms with Gasteiger partial charge in [0.05, 0.1) is 32.4 Å². The van der Waals surface area contributed by atoms with Crippen molar-refractivity contribution < 1.29 is 23.5 Å². The minimum Gasteiger partial charge on any atom is -0.497 e. The highest BCUT2D eigenvalue weighted by Gasteiger charge is 2.37. The molecule has 1 aromatic heterocycles. The van der Waals surface area contributed by atoms with Gasteiger partial charge in [-0.15, -0.1) is 0 Å². The number of hydrogen-bond donors (Lipinski definition) is 1. The van der Waals surface area contributed by atoms with Gasteiger partial charge in [0.25, 0.3) is 11.8 Å². The molecule has 0 unspecified atom stereocenters. The maximum absolute atomic E-state index is 12.3. The molecule has 0 bridgehead atoms. The second kappa shape index (κ2) is 7.14. The first-order valence-corrected chi connectivity index (χ1v) is 8.09. The standard InChI is InChI=1S/C18H22N2O5/c1-18(2)11-23-10-15(18)19-17(21)14-8-16(20-25-14)24-9-12-4-6-13(22-3)7-5-12/h4-8,15H,9-11H2,1-3H3,(H,19,21)/t15-/m0/s1. The molecule has 1 amide bonds. The SMILES string of the molecule is COc1ccc(COc2cc(C(=O)N[C@H]3COCC3(C)C)on2)cc1. The van der Waals surface area contributed by atoms with E-state index in [1.807, 2.05) is 24.3 Å². The van der Waals surface area contributed by atoms with Crippen LogP contribution in [0.3, 0.4) is 0 Å². The van der Waals surface area contributed by atoms with E-state index in [-0.39, 0.29) is 29.0 Å². The van der Waals surface area contributed by atoms with E-state index in [2.05, 4.69) is 24.3 Å². The fraction of sp³-hybridized carbons (Fsp3) is 0.444. The summed E-state index contributed by atoms with van der Waals surface area (Å²) in [5.41, 5.74) is 0.850. The van der Waals surface area contributed by atoms with E-state index in [1.54, 1.807) is 7.11 Å². The van der Waals surface area contributed by atoms with Crippen molar-refractivity contribution in [3.8, 4) is 11.6 Å². The van der Waals surface area contributed by atoms with Gasteiger partial charge in [-0.1, -0.05) is 26.0 Å². The quantitative estimate of drug-likeness (QED) is 0.865. The van der Waals surface area contributed by atoms with Gasteiger partial charge in [-0.25, -0.2) is 0 Å². The number of amides is 1. The topological polar surface area (TPSA) is 82.8 Å². The summed E-state index contributed by atoms with van der Waals surface area (Å²) in [5, 5.41) is 6.70. The van der Waals surface area contributed by atoms with E-state index in [0.29, 0.717) is 19.8 Å². The van der Waals surface area contributed by atoms with Crippen molar-refractivity contribution in [3.63, 3.8) is 0 Å². The molecule has 1 fully saturated rings. The Bertz CT molecular complexity index is 723. The lowest BCUT2D eigenvalue weighted by atomic mass is 9.88. The molecule has 3 rings (SSSR count). The van der Waals surface area contributed by atoms with Crippen LogP contribution in [-0.2, 0) is 11.3 Å². The zero-order chi connectivity index (χ0) is 17.9. The Labute approximate surface area is 146 Å². The normalized spacial score (nSPS) is 18.8. The summed E-state index contributed by atoms with van der Waals surface area (Å²) < 4.78 is 21.2. The van der Waals surface area contributed by atoms with Crippen LogP contribution < -0.4 is 14.8 Å². The summed E-state index contributed by atoms with van der Waals surface area (Å²) in [6.45, 7) is 5.53. The van der Waals surface area contributed by atoms with Crippen molar-refractivity contribution >= 4 is 5.91 Å². The van der Waals surface area contributed by atoms with E-state index in [9.17, 15) is 4.79 Å². The smallest absolute Gasteiger partial charge is 0.290 e. The number of hydrogen-bond acceptors (Lipinski definition) is 6. The summed E-state index contributed by atoms with van der Waals surface area (Å²) in [5.74, 6) is 0.841. The molecule has 2 heterocycles. The van der Waals surface area contributed by atoms with Gasteiger partial charge >= 0.3 is 0 Å². The van der Waals surface area contributed by atoms with Crippen LogP contribution in [-0.4, -0.2) is 37.4 Å². The highest BCUT2D eigenvalue weighted by Crippen LogP contribution is 2.27. The number of benzene rings is 1. The van der Waals surface area contributed by atoms with Crippen molar-refractivity contribution in [2.24, 2.45) is 5.41 Å². The Kier molecular flexibility index (Phi) is 4.94. The number of ether oxygens (including phenoxy) is 3. The Hall–Kier alpha value is -2.54. The largest absolute Gasteiger partial charge is 0.497 e. The summed E-state index contributed by atoms with van der Waals surface area (Å²) in [7, 11) is 1.62. The highest BCUT2D eigenvalue weighted by molar-refractivity contribution is 5.91. The Balaban J connectivity index is 1.55. The molecule has 0 saturated carbocycles. The lowest BCUT2D eigenvalue weighted by molar-refractivity contribution is 0.0877. The van der Waals surface area contributed by atoms with Gasteiger partial charge in [0.15, 0.2) is 0 Å². The van der Waals surface area contributed by atoms with E-state index in [1.165, 1.54) is 6.07 Å². The number of nitrogens with zero attached hydrogens (tertiary/aromatic N) is 1. The van der Waals surface area contributed by atoms with Crippen LogP contribution in [0.2, 0.25) is 0 Å². The monoisotopic (exact) mass is 346 g/mol. The number of methoxy groups -OCH3 is 1. The van der Waals surface area contributed by atoms with Crippen LogP contribution in [0.15, 0.2) is 34.9 Å². The summed E-state index contributed by atoms with van der Waals surface area (Å²) in [6.07, 6.45) is 0. The van der Waals surface area contributed by atoms with Crippen molar-refractivity contribution in [3.05, 3.63) is 41.7 Å². The first-order chi connectivity index (χ1) is 12.0. The Morgan fingerprint density at radius 1 is 1.36 bits per heavy atom. The minimum atomic E-state index is -0.324. The number of aromatic nitrogens is 1. The van der Waals surface area contributed by atoms with Gasteiger partial charge in [-0.05, 0) is 22.9 Å². The van der Waals surface area contributed by atoms with Crippen LogP contribution in [0, 0.1) is 5.41 Å². The molecule has 0 aliphatic carbocycles. The van der Waals surface area contributed by atoms with Crippen LogP contribution >= 0.6 is 0 Å². The van der Waals surface area contributed by atoms with Gasteiger partial charge in [-0.3, -0.25) is 4.79 Å². The summed E-state index contributed by atoms with van der Waals surface area (Å²) in [6, 6.07) is 8.93. The van der Waals surface area contributed by atoms with Gasteiger partial charge in [-0.2, -0.15) is 0 Å². The maximum atomic E-state index is 12.3. The fourth-order valence-electron chi connectivity index (χ4n) is 2.55. The van der Waals surface area contributed by atoms with E-state index >= 15 is 0 Å². The molecular weight excluding hydrogens is 324 g/mol. The molecule has 2 aromatic rings. The average molecular weight is 346 g/mol. The van der Waals surface area contributed by atoms with Crippen LogP contribution in [0.5, 0.6) is 11.6 Å². The molecule has 7 nitrogen and oxygen atoms in total. The minimum absolute atomic E-state index is 0.0613. The van der Waals surface area contributed by atoms with Crippen molar-refractivity contribution in [2.75, 3.05) is 20.3 Å². The molecule has 1 aliphatic heterocycles. The summed E-state index contributed by atoms with van der Waals surface area (Å²) >= 11 is 0. The van der Waals surface area contributed by atoms with Crippen LogP contribution in [0.25, 0.3) is 0 Å². The van der Waals surface area contributed by atoms with Crippen LogP contribution in [0.4, 0.5) is 0 Å². The number of carbonyl (C=O) groups excluding carboxylic acids is 1. The van der Waals surface area contributed by atoms with E-state index < -0.39 is 0 Å². The third kappa shape index (κ3) is 4.11. The molecular formula is C18H22N2O5. The van der Waals surface area contributed by atoms with E-state index in [0.717, 1.165) is 11.3 Å². The van der Waals surface area contributed by atoms with Gasteiger partial charge in [0.2, 0.25) is 5.76 Å². The van der Waals surface area contributed by atoms with Crippen molar-refractivity contribution in [1.29, 1.82) is 0 Å². The molecule has 7 heteroatoms. The lowest BCUT2D eigenvalue weighted by Crippen LogP contribution is -2.44. The van der Waals surface area contributed by atoms with Gasteiger partial charge in [0, 0.05) is 5.41 Å². The third-order valence-electron chi connectivity index (χ3n) is 4.27. The Morgan fingerprint density at radius 3 is 2.76 bits per heavy atom. The second-order valence-electron chi connectivity index (χ2n) is 6.70. The number of carbonyl (C=O) groups is 1. The lowest BCUT2D eigenvalue weighted by Gasteiger charge is -2.24. The van der Waals surface area contributed by atoms with E-state index in [4.69, 9.17) is 18.7 Å². The fourth-order valence-corrected chi connectivity index (χ4v) is 2.55. The first kappa shape index (κ1) is 17.3. The zero-order valence-corrected chi connectivity index (χ0v) is 14.6. The second-order valence-corrected chi connectivity index (χ2v) is 6.70. The molecule has 25 heavy (non-hydrogen) atoms. The molecule has 1 aliphatic rings. The average Bonchev–Trinajstić information content (AvgIpc) is 3.20. The highest BCUT2D eigenvalue weighted by atomic mass is 16.5. The zero-order valence-electron chi connectivity index (χ0n) is 14.6. The Morgan fingerprint density at radius 2 is 2.12 bits per heavy atom. The predicted octanol–water partition coefficient (Wildman–Crippen LogP) is 2.42. The first-order valence-electron chi connectivity index (χ1n) is 8.09. The predicted molar refractivity (Wildman–Crippen MR) is 89.7 cm³/mol. The summed E-state index contributed by atoms with van der Waals surface area (Å²) in [4.78, 5) is 12.3. The maximum Gasteiger partial charge on any atom is 0.290 e.